The van der Waals surface area contributed by atoms with Crippen LogP contribution in [0.4, 0.5) is 0 Å². The molecule has 0 heterocycles. The van der Waals surface area contributed by atoms with Gasteiger partial charge in [-0.1, -0.05) is 19.8 Å². The SMILES string of the molecule is CNCCCC(=O)NC1CCCC(C)C1. The minimum atomic E-state index is 0.226. The van der Waals surface area contributed by atoms with Crippen molar-refractivity contribution < 1.29 is 4.79 Å². The first-order valence-corrected chi connectivity index (χ1v) is 6.16. The van der Waals surface area contributed by atoms with E-state index in [9.17, 15) is 4.79 Å². The van der Waals surface area contributed by atoms with Crippen molar-refractivity contribution in [1.82, 2.24) is 10.6 Å². The van der Waals surface area contributed by atoms with E-state index in [1.165, 1.54) is 19.3 Å². The van der Waals surface area contributed by atoms with Gasteiger partial charge in [0.1, 0.15) is 0 Å². The first-order valence-electron chi connectivity index (χ1n) is 6.16. The molecule has 0 aromatic carbocycles. The van der Waals surface area contributed by atoms with Crippen molar-refractivity contribution in [2.24, 2.45) is 5.92 Å². The van der Waals surface area contributed by atoms with Crippen LogP contribution in [0.1, 0.15) is 45.4 Å². The van der Waals surface area contributed by atoms with Crippen molar-refractivity contribution in [3.8, 4) is 0 Å². The van der Waals surface area contributed by atoms with E-state index >= 15 is 0 Å². The molecule has 15 heavy (non-hydrogen) atoms. The van der Waals surface area contributed by atoms with Gasteiger partial charge in [0.2, 0.25) is 5.91 Å². The summed E-state index contributed by atoms with van der Waals surface area (Å²) >= 11 is 0. The van der Waals surface area contributed by atoms with Crippen LogP contribution in [-0.4, -0.2) is 25.5 Å². The third-order valence-corrected chi connectivity index (χ3v) is 3.13. The molecule has 1 aliphatic rings. The Morgan fingerprint density at radius 1 is 1.40 bits per heavy atom. The summed E-state index contributed by atoms with van der Waals surface area (Å²) in [7, 11) is 1.92. The summed E-state index contributed by atoms with van der Waals surface area (Å²) in [5.41, 5.74) is 0. The standard InChI is InChI=1S/C12H24N2O/c1-10-5-3-6-11(9-10)14-12(15)7-4-8-13-2/h10-11,13H,3-9H2,1-2H3,(H,14,15). The maximum Gasteiger partial charge on any atom is 0.220 e. The van der Waals surface area contributed by atoms with Gasteiger partial charge in [0.15, 0.2) is 0 Å². The van der Waals surface area contributed by atoms with E-state index in [0.29, 0.717) is 12.5 Å². The summed E-state index contributed by atoms with van der Waals surface area (Å²) in [6, 6.07) is 0.441. The summed E-state index contributed by atoms with van der Waals surface area (Å²) < 4.78 is 0. The van der Waals surface area contributed by atoms with Crippen LogP contribution in [0, 0.1) is 5.92 Å². The van der Waals surface area contributed by atoms with E-state index in [1.807, 2.05) is 7.05 Å². The lowest BCUT2D eigenvalue weighted by atomic mass is 9.87. The molecular formula is C12H24N2O. The first kappa shape index (κ1) is 12.5. The van der Waals surface area contributed by atoms with Crippen molar-refractivity contribution in [3.05, 3.63) is 0 Å². The van der Waals surface area contributed by atoms with Crippen LogP contribution < -0.4 is 10.6 Å². The van der Waals surface area contributed by atoms with Gasteiger partial charge < -0.3 is 10.6 Å². The molecule has 3 heteroatoms. The minimum absolute atomic E-state index is 0.226. The number of carbonyl (C=O) groups is 1. The van der Waals surface area contributed by atoms with Crippen LogP contribution >= 0.6 is 0 Å². The zero-order valence-corrected chi connectivity index (χ0v) is 10.0. The Hall–Kier alpha value is -0.570. The Morgan fingerprint density at radius 2 is 2.20 bits per heavy atom. The highest BCUT2D eigenvalue weighted by atomic mass is 16.1. The summed E-state index contributed by atoms with van der Waals surface area (Å²) in [4.78, 5) is 11.6. The molecule has 0 aliphatic heterocycles. The number of hydrogen-bond donors (Lipinski definition) is 2. The second-order valence-corrected chi connectivity index (χ2v) is 4.74. The van der Waals surface area contributed by atoms with Gasteiger partial charge in [0.05, 0.1) is 0 Å². The van der Waals surface area contributed by atoms with E-state index in [1.54, 1.807) is 0 Å². The zero-order chi connectivity index (χ0) is 11.1. The van der Waals surface area contributed by atoms with Crippen molar-refractivity contribution in [2.45, 2.75) is 51.5 Å². The highest BCUT2D eigenvalue weighted by Crippen LogP contribution is 2.23. The second-order valence-electron chi connectivity index (χ2n) is 4.74. The third-order valence-electron chi connectivity index (χ3n) is 3.13. The largest absolute Gasteiger partial charge is 0.353 e. The van der Waals surface area contributed by atoms with Crippen LogP contribution in [0.3, 0.4) is 0 Å². The minimum Gasteiger partial charge on any atom is -0.353 e. The Balaban J connectivity index is 2.13. The average molecular weight is 212 g/mol. The molecule has 2 atom stereocenters. The fraction of sp³-hybridized carbons (Fsp3) is 0.917. The lowest BCUT2D eigenvalue weighted by Gasteiger charge is -2.27. The first-order chi connectivity index (χ1) is 7.22. The van der Waals surface area contributed by atoms with E-state index in [4.69, 9.17) is 0 Å². The molecule has 0 radical (unpaired) electrons. The summed E-state index contributed by atoms with van der Waals surface area (Å²) in [6.07, 6.45) is 6.52. The molecule has 3 nitrogen and oxygen atoms in total. The Morgan fingerprint density at radius 3 is 2.87 bits per heavy atom. The maximum absolute atomic E-state index is 11.6. The molecule has 2 N–H and O–H groups in total. The van der Waals surface area contributed by atoms with Crippen LogP contribution in [0.15, 0.2) is 0 Å². The van der Waals surface area contributed by atoms with Crippen LogP contribution in [0.2, 0.25) is 0 Å². The molecule has 1 amide bonds. The average Bonchev–Trinajstić information content (AvgIpc) is 2.18. The smallest absolute Gasteiger partial charge is 0.220 e. The molecular weight excluding hydrogens is 188 g/mol. The number of hydrogen-bond acceptors (Lipinski definition) is 2. The fourth-order valence-corrected chi connectivity index (χ4v) is 2.29. The van der Waals surface area contributed by atoms with Gasteiger partial charge in [-0.25, -0.2) is 0 Å². The van der Waals surface area contributed by atoms with Gasteiger partial charge in [-0.3, -0.25) is 4.79 Å². The summed E-state index contributed by atoms with van der Waals surface area (Å²) in [5.74, 6) is 1.01. The van der Waals surface area contributed by atoms with E-state index in [0.717, 1.165) is 25.3 Å². The number of carbonyl (C=O) groups excluding carboxylic acids is 1. The molecule has 1 fully saturated rings. The van der Waals surface area contributed by atoms with E-state index in [2.05, 4.69) is 17.6 Å². The van der Waals surface area contributed by atoms with Crippen LogP contribution in [0.5, 0.6) is 0 Å². The number of nitrogens with one attached hydrogen (secondary N) is 2. The van der Waals surface area contributed by atoms with Gasteiger partial charge >= 0.3 is 0 Å². The fourth-order valence-electron chi connectivity index (χ4n) is 2.29. The lowest BCUT2D eigenvalue weighted by Crippen LogP contribution is -2.38. The van der Waals surface area contributed by atoms with Crippen molar-refractivity contribution >= 4 is 5.91 Å². The predicted octanol–water partition coefficient (Wildman–Crippen LogP) is 1.68. The molecule has 88 valence electrons. The number of amides is 1. The summed E-state index contributed by atoms with van der Waals surface area (Å²) in [5, 5.41) is 6.20. The number of rotatable bonds is 5. The molecule has 1 aliphatic carbocycles. The Labute approximate surface area is 93.0 Å². The van der Waals surface area contributed by atoms with E-state index < -0.39 is 0 Å². The molecule has 0 spiro atoms. The molecule has 0 saturated heterocycles. The Bertz CT molecular complexity index is 194. The summed E-state index contributed by atoms with van der Waals surface area (Å²) in [6.45, 7) is 3.20. The highest BCUT2D eigenvalue weighted by molar-refractivity contribution is 5.76. The van der Waals surface area contributed by atoms with Gasteiger partial charge in [-0.15, -0.1) is 0 Å². The molecule has 1 rings (SSSR count). The topological polar surface area (TPSA) is 41.1 Å². The lowest BCUT2D eigenvalue weighted by molar-refractivity contribution is -0.122. The second kappa shape index (κ2) is 6.83. The van der Waals surface area contributed by atoms with Gasteiger partial charge in [-0.2, -0.15) is 0 Å². The Kier molecular flexibility index (Phi) is 5.69. The quantitative estimate of drug-likeness (QED) is 0.681. The third kappa shape index (κ3) is 5.17. The molecule has 0 aromatic heterocycles. The monoisotopic (exact) mass is 212 g/mol. The highest BCUT2D eigenvalue weighted by Gasteiger charge is 2.19. The van der Waals surface area contributed by atoms with Crippen molar-refractivity contribution in [3.63, 3.8) is 0 Å². The normalized spacial score (nSPS) is 26.3. The predicted molar refractivity (Wildman–Crippen MR) is 62.7 cm³/mol. The molecule has 0 aromatic rings. The van der Waals surface area contributed by atoms with Crippen LogP contribution in [0.25, 0.3) is 0 Å². The maximum atomic E-state index is 11.6. The van der Waals surface area contributed by atoms with Gasteiger partial charge in [-0.05, 0) is 38.8 Å². The molecule has 0 bridgehead atoms. The van der Waals surface area contributed by atoms with Gasteiger partial charge in [0.25, 0.3) is 0 Å². The van der Waals surface area contributed by atoms with E-state index in [-0.39, 0.29) is 5.91 Å². The zero-order valence-electron chi connectivity index (χ0n) is 10.0. The molecule has 1 saturated carbocycles. The molecule has 2 unspecified atom stereocenters. The van der Waals surface area contributed by atoms with Gasteiger partial charge in [0, 0.05) is 12.5 Å². The van der Waals surface area contributed by atoms with Crippen LogP contribution in [-0.2, 0) is 4.79 Å². The van der Waals surface area contributed by atoms with Crippen molar-refractivity contribution in [2.75, 3.05) is 13.6 Å². The van der Waals surface area contributed by atoms with Crippen molar-refractivity contribution in [1.29, 1.82) is 0 Å².